The highest BCUT2D eigenvalue weighted by molar-refractivity contribution is 6.28. The lowest BCUT2D eigenvalue weighted by atomic mass is 10.00. The fraction of sp³-hybridized carbons (Fsp3) is 0.781. The number of carbonyl (C=O) groups is 2. The van der Waals surface area contributed by atoms with Gasteiger partial charge in [0.15, 0.2) is 22.8 Å². The van der Waals surface area contributed by atoms with Crippen LogP contribution in [0.4, 0.5) is 10.6 Å². The Bertz CT molecular complexity index is 1490. The fourth-order valence-corrected chi connectivity index (χ4v) is 7.74. The van der Waals surface area contributed by atoms with Crippen molar-refractivity contribution in [1.82, 2.24) is 24.8 Å². The standard InChI is InChI=1S/C32H45ClN6O6/c1-15(2)19(36-29(41)45-30(3,4)5)27(40)42-13-32-12-18(32)22(23-24(32)44-31(6,7)43-23)39-14-34-21-25(37-28(33)38-26(21)39)35-20(16-8-9-16)17-10-11-17/h14-20,22-24H,8-13H2,1-7H3,(H,36,41)(H,35,37,38)/t18-,19+,22-,23+,24+,32+/m1/s1. The third-order valence-corrected chi connectivity index (χ3v) is 10.1. The van der Waals surface area contributed by atoms with Crippen LogP contribution < -0.4 is 10.6 Å². The van der Waals surface area contributed by atoms with E-state index in [1.165, 1.54) is 25.7 Å². The predicted octanol–water partition coefficient (Wildman–Crippen LogP) is 5.25. The zero-order valence-corrected chi connectivity index (χ0v) is 27.9. The first kappa shape index (κ1) is 30.9. The van der Waals surface area contributed by atoms with Crippen molar-refractivity contribution in [1.29, 1.82) is 0 Å². The van der Waals surface area contributed by atoms with Gasteiger partial charge in [-0.1, -0.05) is 13.8 Å². The van der Waals surface area contributed by atoms with Crippen molar-refractivity contribution in [3.05, 3.63) is 11.6 Å². The maximum Gasteiger partial charge on any atom is 0.408 e. The van der Waals surface area contributed by atoms with Crippen molar-refractivity contribution in [3.8, 4) is 0 Å². The van der Waals surface area contributed by atoms with Crippen LogP contribution in [-0.4, -0.2) is 73.9 Å². The molecule has 1 saturated heterocycles. The van der Waals surface area contributed by atoms with E-state index in [4.69, 9.17) is 35.5 Å². The number of hydrogen-bond donors (Lipinski definition) is 2. The monoisotopic (exact) mass is 644 g/mol. The molecule has 4 aliphatic carbocycles. The average Bonchev–Trinajstić information content (AvgIpc) is 3.85. The maximum absolute atomic E-state index is 13.4. The van der Waals surface area contributed by atoms with Crippen LogP contribution in [0, 0.1) is 29.1 Å². The van der Waals surface area contributed by atoms with E-state index in [1.807, 2.05) is 27.7 Å². The van der Waals surface area contributed by atoms with Gasteiger partial charge in [0.05, 0.1) is 25.1 Å². The zero-order valence-electron chi connectivity index (χ0n) is 27.1. The molecule has 0 unspecified atom stereocenters. The Kier molecular flexibility index (Phi) is 7.33. The first-order valence-electron chi connectivity index (χ1n) is 16.3. The number of carbonyl (C=O) groups excluding carboxylic acids is 2. The summed E-state index contributed by atoms with van der Waals surface area (Å²) < 4.78 is 26.4. The molecule has 4 saturated carbocycles. The van der Waals surface area contributed by atoms with Crippen LogP contribution >= 0.6 is 11.6 Å². The molecule has 12 nitrogen and oxygen atoms in total. The third-order valence-electron chi connectivity index (χ3n) is 9.98. The summed E-state index contributed by atoms with van der Waals surface area (Å²) in [6.07, 6.45) is 6.31. The van der Waals surface area contributed by atoms with Gasteiger partial charge in [0.2, 0.25) is 5.28 Å². The van der Waals surface area contributed by atoms with Crippen LogP contribution in [0.1, 0.15) is 86.6 Å². The largest absolute Gasteiger partial charge is 0.463 e. The Morgan fingerprint density at radius 1 is 1.13 bits per heavy atom. The number of anilines is 1. The number of aromatic nitrogens is 4. The number of alkyl carbamates (subject to hydrolysis) is 1. The van der Waals surface area contributed by atoms with Gasteiger partial charge in [-0.15, -0.1) is 0 Å². The molecule has 2 aromatic heterocycles. The molecule has 7 rings (SSSR count). The smallest absolute Gasteiger partial charge is 0.408 e. The van der Waals surface area contributed by atoms with Crippen molar-refractivity contribution in [2.24, 2.45) is 29.1 Å². The summed E-state index contributed by atoms with van der Waals surface area (Å²) in [7, 11) is 0. The van der Waals surface area contributed by atoms with Gasteiger partial charge in [0, 0.05) is 11.5 Å². The van der Waals surface area contributed by atoms with Gasteiger partial charge >= 0.3 is 12.1 Å². The number of imidazole rings is 1. The molecule has 0 spiro atoms. The third kappa shape index (κ3) is 5.86. The highest BCUT2D eigenvalue weighted by Crippen LogP contribution is 2.71. The molecule has 1 aliphatic heterocycles. The Morgan fingerprint density at radius 3 is 2.44 bits per heavy atom. The van der Waals surface area contributed by atoms with E-state index < -0.39 is 34.9 Å². The van der Waals surface area contributed by atoms with E-state index in [0.717, 1.165) is 6.42 Å². The fourth-order valence-electron chi connectivity index (χ4n) is 7.58. The Labute approximate surface area is 268 Å². The van der Waals surface area contributed by atoms with E-state index >= 15 is 0 Å². The van der Waals surface area contributed by atoms with Crippen molar-refractivity contribution >= 4 is 40.6 Å². The van der Waals surface area contributed by atoms with Gasteiger partial charge < -0.3 is 34.1 Å². The van der Waals surface area contributed by atoms with E-state index in [9.17, 15) is 9.59 Å². The van der Waals surface area contributed by atoms with Crippen LogP contribution in [0.15, 0.2) is 6.33 Å². The van der Waals surface area contributed by atoms with Gasteiger partial charge in [-0.3, -0.25) is 0 Å². The second-order valence-corrected chi connectivity index (χ2v) is 15.9. The summed E-state index contributed by atoms with van der Waals surface area (Å²) in [6, 6.07) is -0.614. The molecule has 6 atom stereocenters. The lowest BCUT2D eigenvalue weighted by Gasteiger charge is -2.26. The number of ether oxygens (including phenoxy) is 4. The van der Waals surface area contributed by atoms with E-state index in [-0.39, 0.29) is 42.0 Å². The second kappa shape index (κ2) is 10.7. The first-order valence-corrected chi connectivity index (χ1v) is 16.7. The molecule has 45 heavy (non-hydrogen) atoms. The van der Waals surface area contributed by atoms with Gasteiger partial charge in [0.1, 0.15) is 17.7 Å². The van der Waals surface area contributed by atoms with Crippen molar-refractivity contribution in [2.75, 3.05) is 11.9 Å². The van der Waals surface area contributed by atoms with Crippen LogP contribution in [0.3, 0.4) is 0 Å². The second-order valence-electron chi connectivity index (χ2n) is 15.5. The summed E-state index contributed by atoms with van der Waals surface area (Å²) in [5.41, 5.74) is 0.221. The predicted molar refractivity (Wildman–Crippen MR) is 166 cm³/mol. The van der Waals surface area contributed by atoms with Gasteiger partial charge in [-0.05, 0) is 102 Å². The van der Waals surface area contributed by atoms with Gasteiger partial charge in [0.25, 0.3) is 0 Å². The number of esters is 1. The zero-order chi connectivity index (χ0) is 32.1. The molecule has 0 bridgehead atoms. The van der Waals surface area contributed by atoms with E-state index in [2.05, 4.69) is 25.2 Å². The molecular weight excluding hydrogens is 600 g/mol. The lowest BCUT2D eigenvalue weighted by Crippen LogP contribution is -2.47. The molecule has 0 radical (unpaired) electrons. The molecule has 246 valence electrons. The highest BCUT2D eigenvalue weighted by Gasteiger charge is 2.76. The van der Waals surface area contributed by atoms with Crippen molar-refractivity contribution < 1.29 is 28.5 Å². The summed E-state index contributed by atoms with van der Waals surface area (Å²) in [4.78, 5) is 39.8. The van der Waals surface area contributed by atoms with Crippen LogP contribution in [0.25, 0.3) is 11.2 Å². The van der Waals surface area contributed by atoms with Crippen molar-refractivity contribution in [2.45, 2.75) is 122 Å². The lowest BCUT2D eigenvalue weighted by molar-refractivity contribution is -0.167. The molecule has 1 amide bonds. The number of rotatable bonds is 10. The molecule has 0 aromatic carbocycles. The highest BCUT2D eigenvalue weighted by atomic mass is 35.5. The van der Waals surface area contributed by atoms with Gasteiger partial charge in [-0.25, -0.2) is 14.6 Å². The molecule has 13 heteroatoms. The van der Waals surface area contributed by atoms with Crippen molar-refractivity contribution in [3.63, 3.8) is 0 Å². The number of nitrogens with zero attached hydrogens (tertiary/aromatic N) is 4. The quantitative estimate of drug-likeness (QED) is 0.260. The molecule has 5 fully saturated rings. The average molecular weight is 645 g/mol. The number of nitrogens with one attached hydrogen (secondary N) is 2. The summed E-state index contributed by atoms with van der Waals surface area (Å²) in [5, 5.41) is 6.56. The van der Waals surface area contributed by atoms with Crippen LogP contribution in [0.2, 0.25) is 5.28 Å². The summed E-state index contributed by atoms with van der Waals surface area (Å²) in [5.74, 6) is 0.618. The maximum atomic E-state index is 13.4. The number of fused-ring (bicyclic) bond motifs is 4. The Hall–Kier alpha value is -2.70. The van der Waals surface area contributed by atoms with Crippen LogP contribution in [-0.2, 0) is 23.7 Å². The molecule has 5 aliphatic rings. The van der Waals surface area contributed by atoms with E-state index in [1.54, 1.807) is 27.1 Å². The molecule has 2 N–H and O–H groups in total. The number of amides is 1. The summed E-state index contributed by atoms with van der Waals surface area (Å²) in [6.45, 7) is 13.0. The number of hydrogen-bond acceptors (Lipinski definition) is 10. The molecule has 2 aromatic rings. The minimum Gasteiger partial charge on any atom is -0.463 e. The van der Waals surface area contributed by atoms with Gasteiger partial charge in [-0.2, -0.15) is 9.97 Å². The molecular formula is C32H45ClN6O6. The Balaban J connectivity index is 1.13. The number of halogens is 1. The minimum atomic E-state index is -0.851. The first-order chi connectivity index (χ1) is 21.2. The van der Waals surface area contributed by atoms with Crippen LogP contribution in [0.5, 0.6) is 0 Å². The SMILES string of the molecule is CC(C)[C@H](NC(=O)OC(C)(C)C)C(=O)OC[C@@]12C[C@@H]1[C@@H](n1cnc3c(NC(C4CC4)C4CC4)nc(Cl)nc31)[C@@H]1OC(C)(C)O[C@@H]12. The van der Waals surface area contributed by atoms with E-state index in [0.29, 0.717) is 34.9 Å². The normalized spacial score (nSPS) is 30.7. The summed E-state index contributed by atoms with van der Waals surface area (Å²) >= 11 is 6.52. The Morgan fingerprint density at radius 2 is 1.82 bits per heavy atom. The topological polar surface area (TPSA) is 139 Å². The minimum absolute atomic E-state index is 0.0981. The molecule has 3 heterocycles.